The summed E-state index contributed by atoms with van der Waals surface area (Å²) >= 11 is 1.97. The van der Waals surface area contributed by atoms with Crippen molar-refractivity contribution in [3.63, 3.8) is 0 Å². The number of thiophene rings is 1. The Hall–Kier alpha value is -0.420. The van der Waals surface area contributed by atoms with Crippen molar-refractivity contribution in [1.82, 2.24) is 15.1 Å². The van der Waals surface area contributed by atoms with E-state index < -0.39 is 0 Å². The molecule has 0 radical (unpaired) electrons. The number of nitrogens with one attached hydrogen (secondary N) is 1. The summed E-state index contributed by atoms with van der Waals surface area (Å²) in [6, 6.07) is 4.60. The van der Waals surface area contributed by atoms with Crippen molar-refractivity contribution in [2.45, 2.75) is 32.9 Å². The highest BCUT2D eigenvalue weighted by Gasteiger charge is 2.26. The van der Waals surface area contributed by atoms with Crippen LogP contribution >= 0.6 is 11.3 Å². The predicted octanol–water partition coefficient (Wildman–Crippen LogP) is 2.39. The van der Waals surface area contributed by atoms with Gasteiger partial charge in [-0.3, -0.25) is 4.90 Å². The third-order valence-electron chi connectivity index (χ3n) is 4.32. The molecule has 4 heteroatoms. The van der Waals surface area contributed by atoms with Crippen molar-refractivity contribution in [3.05, 3.63) is 21.9 Å². The van der Waals surface area contributed by atoms with Crippen molar-refractivity contribution >= 4 is 11.3 Å². The maximum atomic E-state index is 3.40. The Kier molecular flexibility index (Phi) is 5.10. The van der Waals surface area contributed by atoms with Gasteiger partial charge in [-0.15, -0.1) is 11.3 Å². The van der Waals surface area contributed by atoms with E-state index in [0.717, 1.165) is 25.6 Å². The van der Waals surface area contributed by atoms with E-state index >= 15 is 0 Å². The monoisotopic (exact) mass is 293 g/mol. The van der Waals surface area contributed by atoms with Crippen LogP contribution in [0, 0.1) is 5.92 Å². The topological polar surface area (TPSA) is 18.5 Å². The molecule has 1 aliphatic carbocycles. The van der Waals surface area contributed by atoms with Gasteiger partial charge in [0.15, 0.2) is 0 Å². The van der Waals surface area contributed by atoms with E-state index in [9.17, 15) is 0 Å². The SMILES string of the molecule is CCNCc1ccc(CN2CCN(CC3CC3)CC2)s1. The standard InChI is InChI=1S/C16H27N3S/c1-2-17-11-15-5-6-16(20-15)13-19-9-7-18(8-10-19)12-14-3-4-14/h5-6,14,17H,2-4,7-13H2,1H3. The summed E-state index contributed by atoms with van der Waals surface area (Å²) in [7, 11) is 0. The van der Waals surface area contributed by atoms with Crippen LogP contribution in [-0.2, 0) is 13.1 Å². The molecule has 0 unspecified atom stereocenters. The van der Waals surface area contributed by atoms with Gasteiger partial charge in [-0.1, -0.05) is 6.92 Å². The van der Waals surface area contributed by atoms with Gasteiger partial charge >= 0.3 is 0 Å². The highest BCUT2D eigenvalue weighted by Crippen LogP contribution is 2.30. The van der Waals surface area contributed by atoms with Gasteiger partial charge in [0.25, 0.3) is 0 Å². The fourth-order valence-corrected chi connectivity index (χ4v) is 3.90. The van der Waals surface area contributed by atoms with E-state index in [1.165, 1.54) is 55.3 Å². The zero-order valence-electron chi connectivity index (χ0n) is 12.6. The van der Waals surface area contributed by atoms with Crippen molar-refractivity contribution in [2.75, 3.05) is 39.3 Å². The quantitative estimate of drug-likeness (QED) is 0.833. The summed E-state index contributed by atoms with van der Waals surface area (Å²) in [6.07, 6.45) is 2.95. The zero-order valence-corrected chi connectivity index (χ0v) is 13.4. The molecule has 1 saturated carbocycles. The molecule has 1 N–H and O–H groups in total. The minimum Gasteiger partial charge on any atom is -0.312 e. The molecule has 0 atom stereocenters. The molecule has 0 spiro atoms. The van der Waals surface area contributed by atoms with Gasteiger partial charge < -0.3 is 10.2 Å². The van der Waals surface area contributed by atoms with E-state index in [0.29, 0.717) is 0 Å². The van der Waals surface area contributed by atoms with Crippen LogP contribution in [0.25, 0.3) is 0 Å². The fraction of sp³-hybridized carbons (Fsp3) is 0.750. The largest absolute Gasteiger partial charge is 0.312 e. The number of hydrogen-bond donors (Lipinski definition) is 1. The third kappa shape index (κ3) is 4.29. The Morgan fingerprint density at radius 3 is 2.50 bits per heavy atom. The Balaban J connectivity index is 1.40. The maximum absolute atomic E-state index is 3.40. The molecule has 0 aromatic carbocycles. The van der Waals surface area contributed by atoms with Crippen LogP contribution in [0.4, 0.5) is 0 Å². The molecule has 2 heterocycles. The second-order valence-corrected chi connectivity index (χ2v) is 7.42. The molecule has 2 aliphatic rings. The molecule has 1 aromatic heterocycles. The average molecular weight is 293 g/mol. The van der Waals surface area contributed by atoms with Crippen LogP contribution in [0.1, 0.15) is 29.5 Å². The normalized spacial score (nSPS) is 21.4. The van der Waals surface area contributed by atoms with Gasteiger partial charge in [-0.25, -0.2) is 0 Å². The molecule has 1 saturated heterocycles. The lowest BCUT2D eigenvalue weighted by Crippen LogP contribution is -2.46. The van der Waals surface area contributed by atoms with Crippen LogP contribution in [0.3, 0.4) is 0 Å². The summed E-state index contributed by atoms with van der Waals surface area (Å²) in [5.41, 5.74) is 0. The first kappa shape index (κ1) is 14.5. The molecular formula is C16H27N3S. The third-order valence-corrected chi connectivity index (χ3v) is 5.39. The van der Waals surface area contributed by atoms with Crippen molar-refractivity contribution < 1.29 is 0 Å². The molecular weight excluding hydrogens is 266 g/mol. The van der Waals surface area contributed by atoms with Crippen molar-refractivity contribution in [3.8, 4) is 0 Å². The van der Waals surface area contributed by atoms with Crippen LogP contribution in [-0.4, -0.2) is 49.1 Å². The Labute approximate surface area is 127 Å². The van der Waals surface area contributed by atoms with Gasteiger partial charge in [0.2, 0.25) is 0 Å². The van der Waals surface area contributed by atoms with Crippen LogP contribution in [0.2, 0.25) is 0 Å². The second kappa shape index (κ2) is 7.03. The van der Waals surface area contributed by atoms with Crippen LogP contribution in [0.15, 0.2) is 12.1 Å². The highest BCUT2D eigenvalue weighted by molar-refractivity contribution is 7.11. The van der Waals surface area contributed by atoms with Gasteiger partial charge in [0.1, 0.15) is 0 Å². The first-order chi connectivity index (χ1) is 9.83. The number of rotatable bonds is 7. The fourth-order valence-electron chi connectivity index (χ4n) is 2.87. The minimum atomic E-state index is 1.02. The predicted molar refractivity (Wildman–Crippen MR) is 86.1 cm³/mol. The summed E-state index contributed by atoms with van der Waals surface area (Å²) in [6.45, 7) is 11.8. The molecule has 20 heavy (non-hydrogen) atoms. The zero-order chi connectivity index (χ0) is 13.8. The molecule has 2 fully saturated rings. The minimum absolute atomic E-state index is 1.02. The number of nitrogens with zero attached hydrogens (tertiary/aromatic N) is 2. The van der Waals surface area contributed by atoms with E-state index in [4.69, 9.17) is 0 Å². The molecule has 112 valence electrons. The van der Waals surface area contributed by atoms with Gasteiger partial charge in [-0.05, 0) is 37.4 Å². The van der Waals surface area contributed by atoms with E-state index in [1.807, 2.05) is 11.3 Å². The van der Waals surface area contributed by atoms with E-state index in [2.05, 4.69) is 34.2 Å². The summed E-state index contributed by atoms with van der Waals surface area (Å²) in [4.78, 5) is 8.27. The summed E-state index contributed by atoms with van der Waals surface area (Å²) in [5, 5.41) is 3.40. The lowest BCUT2D eigenvalue weighted by atomic mass is 10.2. The Morgan fingerprint density at radius 1 is 1.10 bits per heavy atom. The smallest absolute Gasteiger partial charge is 0.0329 e. The first-order valence-electron chi connectivity index (χ1n) is 8.06. The molecule has 3 nitrogen and oxygen atoms in total. The van der Waals surface area contributed by atoms with Crippen LogP contribution < -0.4 is 5.32 Å². The van der Waals surface area contributed by atoms with Crippen molar-refractivity contribution in [2.24, 2.45) is 5.92 Å². The second-order valence-electron chi connectivity index (χ2n) is 6.17. The highest BCUT2D eigenvalue weighted by atomic mass is 32.1. The van der Waals surface area contributed by atoms with Crippen molar-refractivity contribution in [1.29, 1.82) is 0 Å². The average Bonchev–Trinajstić information content (AvgIpc) is 3.17. The summed E-state index contributed by atoms with van der Waals surface area (Å²) < 4.78 is 0. The van der Waals surface area contributed by atoms with Crippen LogP contribution in [0.5, 0.6) is 0 Å². The molecule has 1 aromatic rings. The van der Waals surface area contributed by atoms with E-state index in [-0.39, 0.29) is 0 Å². The molecule has 1 aliphatic heterocycles. The van der Waals surface area contributed by atoms with Gasteiger partial charge in [0, 0.05) is 55.6 Å². The lowest BCUT2D eigenvalue weighted by Gasteiger charge is -2.34. The molecule has 0 bridgehead atoms. The van der Waals surface area contributed by atoms with Gasteiger partial charge in [-0.2, -0.15) is 0 Å². The Morgan fingerprint density at radius 2 is 1.80 bits per heavy atom. The van der Waals surface area contributed by atoms with Gasteiger partial charge in [0.05, 0.1) is 0 Å². The Bertz CT molecular complexity index is 406. The first-order valence-corrected chi connectivity index (χ1v) is 8.88. The van der Waals surface area contributed by atoms with E-state index in [1.54, 1.807) is 0 Å². The number of hydrogen-bond acceptors (Lipinski definition) is 4. The number of piperazine rings is 1. The lowest BCUT2D eigenvalue weighted by molar-refractivity contribution is 0.124. The molecule has 3 rings (SSSR count). The maximum Gasteiger partial charge on any atom is 0.0329 e. The molecule has 0 amide bonds. The summed E-state index contributed by atoms with van der Waals surface area (Å²) in [5.74, 6) is 1.03.